The van der Waals surface area contributed by atoms with Crippen molar-refractivity contribution < 1.29 is 14.7 Å². The number of hydrogen-bond acceptors (Lipinski definition) is 4. The predicted octanol–water partition coefficient (Wildman–Crippen LogP) is 0.347. The van der Waals surface area contributed by atoms with E-state index in [1.807, 2.05) is 0 Å². The lowest BCUT2D eigenvalue weighted by molar-refractivity contribution is -0.138. The van der Waals surface area contributed by atoms with Gasteiger partial charge in [0, 0.05) is 31.9 Å². The summed E-state index contributed by atoms with van der Waals surface area (Å²) in [5.74, 6) is -0.502. The number of rotatable bonds is 5. The molecule has 2 rings (SSSR count). The zero-order chi connectivity index (χ0) is 15.2. The molecule has 2 heterocycles. The number of hydrogen-bond donors (Lipinski definition) is 1. The molecular formula is C14H19N3O4. The maximum Gasteiger partial charge on any atom is 0.347 e. The maximum atomic E-state index is 12.1. The van der Waals surface area contributed by atoms with Gasteiger partial charge in [0.25, 0.3) is 0 Å². The molecule has 0 radical (unpaired) electrons. The minimum Gasteiger partial charge on any atom is -0.481 e. The van der Waals surface area contributed by atoms with Crippen LogP contribution in [0, 0.1) is 5.92 Å². The van der Waals surface area contributed by atoms with Crippen LogP contribution < -0.4 is 5.69 Å². The van der Waals surface area contributed by atoms with Crippen molar-refractivity contribution in [2.75, 3.05) is 13.1 Å². The van der Waals surface area contributed by atoms with Gasteiger partial charge in [0.05, 0.1) is 0 Å². The van der Waals surface area contributed by atoms with Gasteiger partial charge in [0.1, 0.15) is 6.54 Å². The molecule has 1 aromatic heterocycles. The van der Waals surface area contributed by atoms with Crippen molar-refractivity contribution in [2.24, 2.45) is 5.92 Å². The van der Waals surface area contributed by atoms with E-state index >= 15 is 0 Å². The van der Waals surface area contributed by atoms with E-state index < -0.39 is 11.7 Å². The van der Waals surface area contributed by atoms with Crippen LogP contribution in [0.2, 0.25) is 0 Å². The van der Waals surface area contributed by atoms with Gasteiger partial charge in [-0.05, 0) is 31.2 Å². The van der Waals surface area contributed by atoms with Gasteiger partial charge in [-0.3, -0.25) is 14.2 Å². The average molecular weight is 293 g/mol. The summed E-state index contributed by atoms with van der Waals surface area (Å²) in [5.41, 5.74) is -0.429. The molecule has 0 saturated carbocycles. The topological polar surface area (TPSA) is 92.5 Å². The van der Waals surface area contributed by atoms with Crippen LogP contribution in [-0.4, -0.2) is 44.5 Å². The van der Waals surface area contributed by atoms with E-state index in [1.54, 1.807) is 17.2 Å². The Morgan fingerprint density at radius 2 is 2.05 bits per heavy atom. The molecule has 7 nitrogen and oxygen atoms in total. The maximum absolute atomic E-state index is 12.1. The van der Waals surface area contributed by atoms with Crippen LogP contribution in [0.25, 0.3) is 0 Å². The van der Waals surface area contributed by atoms with E-state index in [1.165, 1.54) is 10.8 Å². The second kappa shape index (κ2) is 7.01. The Bertz CT molecular complexity index is 561. The molecule has 1 N–H and O–H groups in total. The van der Waals surface area contributed by atoms with Gasteiger partial charge in [-0.25, -0.2) is 9.78 Å². The van der Waals surface area contributed by atoms with E-state index in [0.717, 1.165) is 12.8 Å². The number of carbonyl (C=O) groups excluding carboxylic acids is 1. The molecule has 0 aromatic carbocycles. The summed E-state index contributed by atoms with van der Waals surface area (Å²) >= 11 is 0. The quantitative estimate of drug-likeness (QED) is 0.845. The van der Waals surface area contributed by atoms with Crippen molar-refractivity contribution in [3.05, 3.63) is 28.9 Å². The number of aromatic nitrogens is 2. The SMILES string of the molecule is O=C(O)CCC1CCN(C(=O)Cn2cccnc2=O)CC1. The average Bonchev–Trinajstić information content (AvgIpc) is 2.48. The van der Waals surface area contributed by atoms with Gasteiger partial charge >= 0.3 is 11.7 Å². The van der Waals surface area contributed by atoms with Crippen LogP contribution in [0.15, 0.2) is 23.3 Å². The highest BCUT2D eigenvalue weighted by atomic mass is 16.4. The molecule has 0 spiro atoms. The molecule has 0 atom stereocenters. The van der Waals surface area contributed by atoms with E-state index in [2.05, 4.69) is 4.98 Å². The zero-order valence-electron chi connectivity index (χ0n) is 11.8. The molecule has 7 heteroatoms. The molecule has 1 saturated heterocycles. The summed E-state index contributed by atoms with van der Waals surface area (Å²) in [4.78, 5) is 39.5. The van der Waals surface area contributed by atoms with Gasteiger partial charge in [0.2, 0.25) is 5.91 Å². The smallest absolute Gasteiger partial charge is 0.347 e. The number of aliphatic carboxylic acids is 1. The Kier molecular flexibility index (Phi) is 5.08. The van der Waals surface area contributed by atoms with E-state index in [0.29, 0.717) is 25.4 Å². The molecule has 1 aliphatic heterocycles. The monoisotopic (exact) mass is 293 g/mol. The summed E-state index contributed by atoms with van der Waals surface area (Å²) in [6, 6.07) is 1.62. The summed E-state index contributed by atoms with van der Waals surface area (Å²) < 4.78 is 1.29. The molecule has 21 heavy (non-hydrogen) atoms. The first-order chi connectivity index (χ1) is 10.1. The molecule has 0 unspecified atom stereocenters. The molecule has 0 aliphatic carbocycles. The second-order valence-electron chi connectivity index (χ2n) is 5.29. The molecule has 114 valence electrons. The first kappa shape index (κ1) is 15.2. The second-order valence-corrected chi connectivity index (χ2v) is 5.29. The van der Waals surface area contributed by atoms with E-state index in [-0.39, 0.29) is 18.9 Å². The number of amides is 1. The molecule has 1 aromatic rings. The third-order valence-electron chi connectivity index (χ3n) is 3.82. The van der Waals surface area contributed by atoms with Gasteiger partial charge in [-0.2, -0.15) is 0 Å². The van der Waals surface area contributed by atoms with Crippen molar-refractivity contribution in [1.82, 2.24) is 14.5 Å². The molecule has 1 amide bonds. The Hall–Kier alpha value is -2.18. The standard InChI is InChI=1S/C14H19N3O4/c18-12(10-17-7-1-6-15-14(17)21)16-8-4-11(5-9-16)2-3-13(19)20/h1,6-7,11H,2-5,8-10H2,(H,19,20). The van der Waals surface area contributed by atoms with Crippen molar-refractivity contribution in [2.45, 2.75) is 32.2 Å². The number of carbonyl (C=O) groups is 2. The van der Waals surface area contributed by atoms with Crippen LogP contribution in [-0.2, 0) is 16.1 Å². The Balaban J connectivity index is 1.82. The van der Waals surface area contributed by atoms with Gasteiger partial charge in [-0.15, -0.1) is 0 Å². The lowest BCUT2D eigenvalue weighted by atomic mass is 9.92. The Labute approximate surface area is 122 Å². The highest BCUT2D eigenvalue weighted by Crippen LogP contribution is 2.21. The van der Waals surface area contributed by atoms with Crippen molar-refractivity contribution in [1.29, 1.82) is 0 Å². The number of carboxylic acids is 1. The van der Waals surface area contributed by atoms with Gasteiger partial charge < -0.3 is 10.0 Å². The lowest BCUT2D eigenvalue weighted by Crippen LogP contribution is -2.41. The minimum atomic E-state index is -0.774. The third-order valence-corrected chi connectivity index (χ3v) is 3.82. The van der Waals surface area contributed by atoms with Crippen molar-refractivity contribution in [3.63, 3.8) is 0 Å². The Morgan fingerprint density at radius 3 is 2.67 bits per heavy atom. The van der Waals surface area contributed by atoms with E-state index in [4.69, 9.17) is 5.11 Å². The third kappa shape index (κ3) is 4.40. The number of nitrogens with zero attached hydrogens (tertiary/aromatic N) is 3. The lowest BCUT2D eigenvalue weighted by Gasteiger charge is -2.32. The van der Waals surface area contributed by atoms with Crippen LogP contribution in [0.1, 0.15) is 25.7 Å². The van der Waals surface area contributed by atoms with E-state index in [9.17, 15) is 14.4 Å². The first-order valence-electron chi connectivity index (χ1n) is 7.07. The fourth-order valence-electron chi connectivity index (χ4n) is 2.55. The number of likely N-dealkylation sites (tertiary alicyclic amines) is 1. The normalized spacial score (nSPS) is 15.9. The molecule has 1 fully saturated rings. The highest BCUT2D eigenvalue weighted by Gasteiger charge is 2.23. The van der Waals surface area contributed by atoms with Crippen LogP contribution in [0.4, 0.5) is 0 Å². The fourth-order valence-corrected chi connectivity index (χ4v) is 2.55. The van der Waals surface area contributed by atoms with Crippen molar-refractivity contribution >= 4 is 11.9 Å². The number of piperidine rings is 1. The predicted molar refractivity (Wildman–Crippen MR) is 74.7 cm³/mol. The Morgan fingerprint density at radius 1 is 1.33 bits per heavy atom. The first-order valence-corrected chi connectivity index (χ1v) is 7.07. The summed E-state index contributed by atoms with van der Waals surface area (Å²) in [6.07, 6.45) is 5.44. The molecular weight excluding hydrogens is 274 g/mol. The van der Waals surface area contributed by atoms with Crippen LogP contribution >= 0.6 is 0 Å². The zero-order valence-corrected chi connectivity index (χ0v) is 11.8. The molecule has 0 bridgehead atoms. The molecule has 1 aliphatic rings. The summed E-state index contributed by atoms with van der Waals surface area (Å²) in [5, 5.41) is 8.67. The minimum absolute atomic E-state index is 0.00641. The fraction of sp³-hybridized carbons (Fsp3) is 0.571. The van der Waals surface area contributed by atoms with Gasteiger partial charge in [0.15, 0.2) is 0 Å². The van der Waals surface area contributed by atoms with Crippen molar-refractivity contribution in [3.8, 4) is 0 Å². The summed E-state index contributed by atoms with van der Waals surface area (Å²) in [7, 11) is 0. The number of carboxylic acid groups (broad SMARTS) is 1. The van der Waals surface area contributed by atoms with Crippen LogP contribution in [0.5, 0.6) is 0 Å². The summed E-state index contributed by atoms with van der Waals surface area (Å²) in [6.45, 7) is 1.25. The van der Waals surface area contributed by atoms with Crippen LogP contribution in [0.3, 0.4) is 0 Å². The van der Waals surface area contributed by atoms with Gasteiger partial charge in [-0.1, -0.05) is 0 Å². The highest BCUT2D eigenvalue weighted by molar-refractivity contribution is 5.76. The largest absolute Gasteiger partial charge is 0.481 e.